The van der Waals surface area contributed by atoms with Crippen LogP contribution >= 0.6 is 0 Å². The van der Waals surface area contributed by atoms with Crippen molar-refractivity contribution in [3.8, 4) is 0 Å². The maximum atomic E-state index is 12.6. The zero-order valence-electron chi connectivity index (χ0n) is 13.4. The van der Waals surface area contributed by atoms with Gasteiger partial charge in [-0.25, -0.2) is 4.79 Å². The molecule has 0 radical (unpaired) electrons. The molecule has 6 nitrogen and oxygen atoms in total. The minimum atomic E-state index is -0.820. The molecule has 3 aromatic rings. The van der Waals surface area contributed by atoms with Crippen LogP contribution in [0.4, 0.5) is 0 Å². The van der Waals surface area contributed by atoms with E-state index in [9.17, 15) is 14.9 Å². The fourth-order valence-corrected chi connectivity index (χ4v) is 2.53. The Bertz CT molecular complexity index is 978. The second-order valence-corrected chi connectivity index (χ2v) is 5.58. The van der Waals surface area contributed by atoms with Gasteiger partial charge in [0, 0.05) is 11.0 Å². The van der Waals surface area contributed by atoms with Crippen LogP contribution < -0.4 is 4.43 Å². The fourth-order valence-electron chi connectivity index (χ4n) is 2.53. The number of aromatic nitrogens is 2. The van der Waals surface area contributed by atoms with Crippen LogP contribution in [0.25, 0.3) is 11.0 Å². The van der Waals surface area contributed by atoms with E-state index in [2.05, 4.69) is 0 Å². The summed E-state index contributed by atoms with van der Waals surface area (Å²) in [6.07, 6.45) is 0. The predicted octanol–water partition coefficient (Wildman–Crippen LogP) is 2.88. The molecule has 24 heavy (non-hydrogen) atoms. The first-order valence-corrected chi connectivity index (χ1v) is 7.46. The van der Waals surface area contributed by atoms with Gasteiger partial charge in [0.05, 0.1) is 10.1 Å². The number of esters is 1. The largest absolute Gasteiger partial charge is 0.805 e. The molecule has 0 spiro atoms. The molecule has 0 aliphatic heterocycles. The number of fused-ring (bicyclic) bond motifs is 1. The molecule has 0 unspecified atom stereocenters. The Balaban J connectivity index is 2.02. The highest BCUT2D eigenvalue weighted by Gasteiger charge is 2.28. The maximum Gasteiger partial charge on any atom is 0.411 e. The molecule has 0 saturated heterocycles. The summed E-state index contributed by atoms with van der Waals surface area (Å²) in [6.45, 7) is 3.27. The van der Waals surface area contributed by atoms with Crippen LogP contribution in [0.15, 0.2) is 48.5 Å². The maximum absolute atomic E-state index is 12.6. The highest BCUT2D eigenvalue weighted by molar-refractivity contribution is 5.88. The molecule has 0 atom stereocenters. The lowest BCUT2D eigenvalue weighted by atomic mass is 10.2. The molecule has 0 saturated carbocycles. The van der Waals surface area contributed by atoms with Crippen LogP contribution in [0.1, 0.15) is 27.3 Å². The van der Waals surface area contributed by atoms with Crippen molar-refractivity contribution in [2.24, 2.45) is 0 Å². The summed E-state index contributed by atoms with van der Waals surface area (Å²) in [6, 6.07) is 14.0. The summed E-state index contributed by atoms with van der Waals surface area (Å²) in [4.78, 5) is 24.9. The number of hydrogen-bond donors (Lipinski definition) is 0. The lowest BCUT2D eigenvalue weighted by molar-refractivity contribution is -0.469. The molecular formula is C18H16N2O4. The quantitative estimate of drug-likeness (QED) is 0.548. The van der Waals surface area contributed by atoms with E-state index in [0.29, 0.717) is 9.16 Å². The lowest BCUT2D eigenvalue weighted by Crippen LogP contribution is -2.31. The molecule has 0 bridgehead atoms. The minimum absolute atomic E-state index is 0.0133. The van der Waals surface area contributed by atoms with Crippen molar-refractivity contribution in [1.29, 1.82) is 0 Å². The predicted molar refractivity (Wildman–Crippen MR) is 89.1 cm³/mol. The molecule has 122 valence electrons. The van der Waals surface area contributed by atoms with E-state index in [-0.39, 0.29) is 29.0 Å². The van der Waals surface area contributed by atoms with Gasteiger partial charge in [-0.15, -0.1) is 0 Å². The van der Waals surface area contributed by atoms with Crippen LogP contribution in [0.3, 0.4) is 0 Å². The van der Waals surface area contributed by atoms with Crippen molar-refractivity contribution in [1.82, 2.24) is 4.73 Å². The molecule has 0 aliphatic rings. The van der Waals surface area contributed by atoms with E-state index in [1.165, 1.54) is 6.92 Å². The summed E-state index contributed by atoms with van der Waals surface area (Å²) < 4.78 is 6.26. The molecule has 2 aromatic carbocycles. The van der Waals surface area contributed by atoms with Crippen LogP contribution in [0, 0.1) is 24.0 Å². The van der Waals surface area contributed by atoms with E-state index >= 15 is 0 Å². The zero-order valence-corrected chi connectivity index (χ0v) is 13.4. The Labute approximate surface area is 138 Å². The van der Waals surface area contributed by atoms with Gasteiger partial charge in [-0.1, -0.05) is 36.4 Å². The number of carbonyl (C=O) groups is 1. The molecule has 0 aliphatic carbocycles. The molecular weight excluding hydrogens is 308 g/mol. The highest BCUT2D eigenvalue weighted by Crippen LogP contribution is 2.16. The van der Waals surface area contributed by atoms with E-state index in [4.69, 9.17) is 4.74 Å². The van der Waals surface area contributed by atoms with Gasteiger partial charge >= 0.3 is 11.7 Å². The second kappa shape index (κ2) is 6.16. The average molecular weight is 324 g/mol. The van der Waals surface area contributed by atoms with E-state index in [1.807, 2.05) is 37.3 Å². The summed E-state index contributed by atoms with van der Waals surface area (Å²) >= 11 is 0. The Kier molecular flexibility index (Phi) is 4.04. The first-order valence-electron chi connectivity index (χ1n) is 7.46. The summed E-state index contributed by atoms with van der Waals surface area (Å²) in [5.41, 5.74) is 1.69. The normalized spacial score (nSPS) is 10.8. The Hall–Kier alpha value is -3.15. The van der Waals surface area contributed by atoms with Gasteiger partial charge in [-0.2, -0.15) is 0 Å². The minimum Gasteiger partial charge on any atom is -0.805 e. The third-order valence-electron chi connectivity index (χ3n) is 3.83. The molecule has 6 heteroatoms. The van der Waals surface area contributed by atoms with Crippen molar-refractivity contribution >= 4 is 17.0 Å². The van der Waals surface area contributed by atoms with Gasteiger partial charge in [0.1, 0.15) is 12.1 Å². The lowest BCUT2D eigenvalue weighted by Gasteiger charge is -2.16. The number of aryl methyl sites for hydroxylation is 1. The van der Waals surface area contributed by atoms with Gasteiger partial charge in [-0.3, -0.25) is 0 Å². The van der Waals surface area contributed by atoms with Gasteiger partial charge in [0.15, 0.2) is 0 Å². The summed E-state index contributed by atoms with van der Waals surface area (Å²) in [7, 11) is 0. The third kappa shape index (κ3) is 2.74. The topological polar surface area (TPSA) is 77.3 Å². The Morgan fingerprint density at radius 2 is 1.88 bits per heavy atom. The van der Waals surface area contributed by atoms with E-state index in [1.54, 1.807) is 18.2 Å². The SMILES string of the molecule is Cc1ccc2c(c1)[n+](=O)c(C(=O)OCc1ccccc1)c(C)n2[O-]. The van der Waals surface area contributed by atoms with Crippen LogP contribution in [0.2, 0.25) is 0 Å². The Morgan fingerprint density at radius 3 is 2.58 bits per heavy atom. The number of ether oxygens (including phenoxy) is 1. The first-order chi connectivity index (χ1) is 11.5. The summed E-state index contributed by atoms with van der Waals surface area (Å²) in [5, 5.41) is 12.3. The van der Waals surface area contributed by atoms with Crippen molar-refractivity contribution in [2.45, 2.75) is 20.5 Å². The van der Waals surface area contributed by atoms with E-state index < -0.39 is 5.97 Å². The molecule has 0 fully saturated rings. The van der Waals surface area contributed by atoms with Gasteiger partial charge < -0.3 is 14.7 Å². The molecule has 3 rings (SSSR count). The standard InChI is InChI=1S/C18H16N2O4/c1-12-8-9-15-16(10-12)20(23)17(13(2)19(15)22)18(21)24-11-14-6-4-3-5-7-14/h3-10H,11H2,1-2H3. The average Bonchev–Trinajstić information content (AvgIpc) is 2.59. The van der Waals surface area contributed by atoms with Gasteiger partial charge in [-0.05, 0) is 31.0 Å². The van der Waals surface area contributed by atoms with Gasteiger partial charge in [0.25, 0.3) is 5.52 Å². The van der Waals surface area contributed by atoms with Crippen LogP contribution in [-0.4, -0.2) is 10.7 Å². The van der Waals surface area contributed by atoms with Gasteiger partial charge in [0.2, 0.25) is 0 Å². The fraction of sp³-hybridized carbons (Fsp3) is 0.167. The Morgan fingerprint density at radius 1 is 1.17 bits per heavy atom. The molecule has 0 amide bonds. The smallest absolute Gasteiger partial charge is 0.411 e. The van der Waals surface area contributed by atoms with Crippen LogP contribution in [0.5, 0.6) is 0 Å². The van der Waals surface area contributed by atoms with Crippen molar-refractivity contribution in [3.63, 3.8) is 0 Å². The number of benzene rings is 2. The first kappa shape index (κ1) is 15.7. The number of hydrogen-bond acceptors (Lipinski definition) is 4. The third-order valence-corrected chi connectivity index (χ3v) is 3.83. The van der Waals surface area contributed by atoms with E-state index in [0.717, 1.165) is 11.1 Å². The number of rotatable bonds is 3. The molecule has 1 aromatic heterocycles. The summed E-state index contributed by atoms with van der Waals surface area (Å²) in [5.74, 6) is -0.820. The second-order valence-electron chi connectivity index (χ2n) is 5.58. The van der Waals surface area contributed by atoms with Crippen molar-refractivity contribution < 1.29 is 14.0 Å². The zero-order chi connectivity index (χ0) is 17.3. The van der Waals surface area contributed by atoms with Crippen LogP contribution in [-0.2, 0) is 11.3 Å². The monoisotopic (exact) mass is 324 g/mol. The van der Waals surface area contributed by atoms with Crippen molar-refractivity contribution in [3.05, 3.63) is 81.2 Å². The number of nitrogens with zero attached hydrogens (tertiary/aromatic N) is 2. The van der Waals surface area contributed by atoms with Crippen molar-refractivity contribution in [2.75, 3.05) is 0 Å². The molecule has 1 heterocycles. The highest BCUT2D eigenvalue weighted by atomic mass is 16.5. The molecule has 0 N–H and O–H groups in total. The number of carbonyl (C=O) groups excluding carboxylic acids is 1.